The van der Waals surface area contributed by atoms with Crippen molar-refractivity contribution in [1.29, 1.82) is 0 Å². The Bertz CT molecular complexity index is 581. The molecule has 2 N–H and O–H groups in total. The number of aliphatic hydroxyl groups is 2. The molecule has 84 valence electrons. The first-order valence-electron chi connectivity index (χ1n) is 5.33. The van der Waals surface area contributed by atoms with E-state index in [-0.39, 0.29) is 59.1 Å². The minimum atomic E-state index is -0.815. The van der Waals surface area contributed by atoms with Gasteiger partial charge in [-0.3, -0.25) is 0 Å². The van der Waals surface area contributed by atoms with Crippen molar-refractivity contribution in [1.82, 2.24) is 0 Å². The van der Waals surface area contributed by atoms with Gasteiger partial charge in [-0.05, 0) is 34.0 Å². The van der Waals surface area contributed by atoms with Gasteiger partial charge in [-0.2, -0.15) is 0 Å². The third-order valence-electron chi connectivity index (χ3n) is 3.07. The summed E-state index contributed by atoms with van der Waals surface area (Å²) in [5.74, 6) is 0. The standard InChI is InChI=1S/C14H12O2.2Na.2H/c15-13-6-5-11-7-9-3-1-2-4-10(9)8-12(11)14(13)16;;;;/h1-8,13-16H;;;;. The van der Waals surface area contributed by atoms with E-state index in [1.807, 2.05) is 42.5 Å². The van der Waals surface area contributed by atoms with Crippen LogP contribution in [0.2, 0.25) is 0 Å². The summed E-state index contributed by atoms with van der Waals surface area (Å²) in [5.41, 5.74) is 1.78. The van der Waals surface area contributed by atoms with Gasteiger partial charge >= 0.3 is 59.1 Å². The van der Waals surface area contributed by atoms with Crippen molar-refractivity contribution in [2.45, 2.75) is 12.2 Å². The summed E-state index contributed by atoms with van der Waals surface area (Å²) in [6, 6.07) is 12.0. The number of hydrogen-bond acceptors (Lipinski definition) is 2. The second-order valence-electron chi connectivity index (χ2n) is 4.12. The quantitative estimate of drug-likeness (QED) is 0.693. The molecule has 0 heterocycles. The fraction of sp³-hybridized carbons (Fsp3) is 0.143. The molecule has 0 saturated heterocycles. The minimum absolute atomic E-state index is 0. The van der Waals surface area contributed by atoms with E-state index in [9.17, 15) is 10.2 Å². The number of fused-ring (bicyclic) bond motifs is 2. The van der Waals surface area contributed by atoms with Gasteiger partial charge in [0.05, 0.1) is 0 Å². The van der Waals surface area contributed by atoms with Crippen LogP contribution in [0.15, 0.2) is 42.5 Å². The summed E-state index contributed by atoms with van der Waals surface area (Å²) >= 11 is 0. The molecular weight excluding hydrogens is 246 g/mol. The summed E-state index contributed by atoms with van der Waals surface area (Å²) < 4.78 is 0. The molecular formula is C14H14Na2O2. The van der Waals surface area contributed by atoms with Gasteiger partial charge < -0.3 is 10.2 Å². The van der Waals surface area contributed by atoms with E-state index in [4.69, 9.17) is 0 Å². The number of hydrogen-bond donors (Lipinski definition) is 2. The van der Waals surface area contributed by atoms with Crippen LogP contribution in [0.25, 0.3) is 16.8 Å². The van der Waals surface area contributed by atoms with E-state index in [1.54, 1.807) is 6.08 Å². The average molecular weight is 260 g/mol. The topological polar surface area (TPSA) is 40.5 Å². The second kappa shape index (κ2) is 6.69. The first kappa shape index (κ1) is 16.4. The molecule has 0 aromatic heterocycles. The van der Waals surface area contributed by atoms with E-state index in [0.29, 0.717) is 0 Å². The fourth-order valence-electron chi connectivity index (χ4n) is 2.17. The molecule has 0 aliphatic heterocycles. The van der Waals surface area contributed by atoms with Crippen LogP contribution in [-0.2, 0) is 0 Å². The van der Waals surface area contributed by atoms with Crippen molar-refractivity contribution >= 4 is 76.0 Å². The molecule has 0 bridgehead atoms. The average Bonchev–Trinajstić information content (AvgIpc) is 2.32. The van der Waals surface area contributed by atoms with Crippen LogP contribution in [-0.4, -0.2) is 75.4 Å². The van der Waals surface area contributed by atoms with Crippen LogP contribution in [0.3, 0.4) is 0 Å². The van der Waals surface area contributed by atoms with E-state index >= 15 is 0 Å². The van der Waals surface area contributed by atoms with Gasteiger partial charge in [0.25, 0.3) is 0 Å². The van der Waals surface area contributed by atoms with Crippen LogP contribution >= 0.6 is 0 Å². The Morgan fingerprint density at radius 3 is 2.17 bits per heavy atom. The van der Waals surface area contributed by atoms with Gasteiger partial charge in [-0.1, -0.05) is 36.4 Å². The molecule has 0 saturated carbocycles. The molecule has 4 heteroatoms. The summed E-state index contributed by atoms with van der Waals surface area (Å²) in [4.78, 5) is 0. The molecule has 2 aromatic rings. The molecule has 2 aromatic carbocycles. The third-order valence-corrected chi connectivity index (χ3v) is 3.07. The van der Waals surface area contributed by atoms with Crippen molar-refractivity contribution in [2.24, 2.45) is 0 Å². The van der Waals surface area contributed by atoms with Crippen molar-refractivity contribution in [3.8, 4) is 0 Å². The third kappa shape index (κ3) is 2.92. The zero-order valence-electron chi connectivity index (χ0n) is 8.67. The predicted octanol–water partition coefficient (Wildman–Crippen LogP) is 0.964. The van der Waals surface area contributed by atoms with Crippen molar-refractivity contribution in [3.05, 3.63) is 53.6 Å². The zero-order chi connectivity index (χ0) is 11.1. The van der Waals surface area contributed by atoms with E-state index in [2.05, 4.69) is 0 Å². The van der Waals surface area contributed by atoms with Crippen LogP contribution in [0.5, 0.6) is 0 Å². The Hall–Kier alpha value is 0.360. The Morgan fingerprint density at radius 2 is 1.50 bits per heavy atom. The molecule has 2 unspecified atom stereocenters. The molecule has 2 nitrogen and oxygen atoms in total. The molecule has 0 fully saturated rings. The van der Waals surface area contributed by atoms with E-state index in [0.717, 1.165) is 21.9 Å². The Kier molecular flexibility index (Phi) is 6.10. The van der Waals surface area contributed by atoms with Crippen LogP contribution < -0.4 is 0 Å². The van der Waals surface area contributed by atoms with Crippen molar-refractivity contribution in [3.63, 3.8) is 0 Å². The molecule has 0 spiro atoms. The van der Waals surface area contributed by atoms with Crippen LogP contribution in [0.4, 0.5) is 0 Å². The van der Waals surface area contributed by atoms with Gasteiger partial charge in [-0.15, -0.1) is 0 Å². The van der Waals surface area contributed by atoms with Gasteiger partial charge in [-0.25, -0.2) is 0 Å². The Labute approximate surface area is 150 Å². The Balaban J connectivity index is 0.000000810. The Morgan fingerprint density at radius 1 is 0.889 bits per heavy atom. The molecule has 18 heavy (non-hydrogen) atoms. The monoisotopic (exact) mass is 260 g/mol. The fourth-order valence-corrected chi connectivity index (χ4v) is 2.17. The first-order chi connectivity index (χ1) is 7.75. The van der Waals surface area contributed by atoms with Crippen LogP contribution in [0, 0.1) is 0 Å². The summed E-state index contributed by atoms with van der Waals surface area (Å²) in [7, 11) is 0. The van der Waals surface area contributed by atoms with Gasteiger partial charge in [0.1, 0.15) is 12.2 Å². The van der Waals surface area contributed by atoms with Gasteiger partial charge in [0, 0.05) is 0 Å². The second-order valence-corrected chi connectivity index (χ2v) is 4.12. The molecule has 0 amide bonds. The molecule has 2 atom stereocenters. The number of rotatable bonds is 0. The maximum atomic E-state index is 9.89. The summed E-state index contributed by atoms with van der Waals surface area (Å²) in [6.45, 7) is 0. The SMILES string of the molecule is OC1C=Cc2cc3ccccc3cc2C1O.[NaH].[NaH]. The summed E-state index contributed by atoms with van der Waals surface area (Å²) in [5, 5.41) is 21.7. The molecule has 1 aliphatic carbocycles. The summed E-state index contributed by atoms with van der Waals surface area (Å²) in [6.07, 6.45) is 1.87. The van der Waals surface area contributed by atoms with Crippen molar-refractivity contribution in [2.75, 3.05) is 0 Å². The van der Waals surface area contributed by atoms with E-state index < -0.39 is 12.2 Å². The normalized spacial score (nSPS) is 20.8. The predicted molar refractivity (Wildman–Crippen MR) is 78.2 cm³/mol. The molecule has 0 radical (unpaired) electrons. The molecule has 3 rings (SSSR count). The van der Waals surface area contributed by atoms with Gasteiger partial charge in [0.2, 0.25) is 0 Å². The maximum absolute atomic E-state index is 9.89. The zero-order valence-corrected chi connectivity index (χ0v) is 8.67. The van der Waals surface area contributed by atoms with Crippen LogP contribution in [0.1, 0.15) is 17.2 Å². The molecule has 1 aliphatic rings. The number of benzene rings is 2. The van der Waals surface area contributed by atoms with E-state index in [1.165, 1.54) is 0 Å². The number of aliphatic hydroxyl groups excluding tert-OH is 2. The van der Waals surface area contributed by atoms with Gasteiger partial charge in [0.15, 0.2) is 0 Å². The first-order valence-corrected chi connectivity index (χ1v) is 5.33. The van der Waals surface area contributed by atoms with Crippen molar-refractivity contribution < 1.29 is 10.2 Å².